The maximum atomic E-state index is 12.9. The minimum absolute atomic E-state index is 0.118. The van der Waals surface area contributed by atoms with Crippen molar-refractivity contribution >= 4 is 22.7 Å². The molecule has 0 saturated carbocycles. The van der Waals surface area contributed by atoms with Gasteiger partial charge in [-0.1, -0.05) is 18.2 Å². The Labute approximate surface area is 138 Å². The Bertz CT molecular complexity index is 893. The Morgan fingerprint density at radius 3 is 2.96 bits per heavy atom. The molecule has 0 unspecified atom stereocenters. The SMILES string of the molecule is CNC(=O)[C@@H]1CN(C(=O)c2cc3ccccc3[nH]2)Cc2cncn21. The van der Waals surface area contributed by atoms with E-state index in [4.69, 9.17) is 0 Å². The van der Waals surface area contributed by atoms with Crippen molar-refractivity contribution in [3.05, 3.63) is 54.2 Å². The fourth-order valence-electron chi connectivity index (χ4n) is 3.18. The van der Waals surface area contributed by atoms with Gasteiger partial charge in [0.2, 0.25) is 5.91 Å². The Morgan fingerprint density at radius 2 is 2.17 bits per heavy atom. The second kappa shape index (κ2) is 5.52. The van der Waals surface area contributed by atoms with Gasteiger partial charge in [-0.25, -0.2) is 4.98 Å². The number of aromatic nitrogens is 3. The number of nitrogens with one attached hydrogen (secondary N) is 2. The minimum Gasteiger partial charge on any atom is -0.357 e. The minimum atomic E-state index is -0.463. The highest BCUT2D eigenvalue weighted by Crippen LogP contribution is 2.24. The molecule has 24 heavy (non-hydrogen) atoms. The molecule has 1 aromatic carbocycles. The molecule has 122 valence electrons. The molecule has 0 aliphatic carbocycles. The van der Waals surface area contributed by atoms with Gasteiger partial charge >= 0.3 is 0 Å². The number of carbonyl (C=O) groups is 2. The fourth-order valence-corrected chi connectivity index (χ4v) is 3.18. The van der Waals surface area contributed by atoms with Crippen molar-refractivity contribution in [2.24, 2.45) is 0 Å². The zero-order chi connectivity index (χ0) is 16.7. The van der Waals surface area contributed by atoms with Crippen LogP contribution in [0.5, 0.6) is 0 Å². The first-order chi connectivity index (χ1) is 11.7. The smallest absolute Gasteiger partial charge is 0.270 e. The predicted octanol–water partition coefficient (Wildman–Crippen LogP) is 1.31. The molecular formula is C17H17N5O2. The first-order valence-corrected chi connectivity index (χ1v) is 7.76. The van der Waals surface area contributed by atoms with Crippen LogP contribution in [0.2, 0.25) is 0 Å². The summed E-state index contributed by atoms with van der Waals surface area (Å²) < 4.78 is 1.83. The lowest BCUT2D eigenvalue weighted by molar-refractivity contribution is -0.124. The zero-order valence-corrected chi connectivity index (χ0v) is 13.2. The van der Waals surface area contributed by atoms with Crippen molar-refractivity contribution in [3.8, 4) is 0 Å². The number of para-hydroxylation sites is 1. The summed E-state index contributed by atoms with van der Waals surface area (Å²) in [5.41, 5.74) is 2.30. The van der Waals surface area contributed by atoms with Crippen LogP contribution in [0, 0.1) is 0 Å². The molecule has 2 N–H and O–H groups in total. The van der Waals surface area contributed by atoms with Gasteiger partial charge in [0.25, 0.3) is 5.91 Å². The number of H-pyrrole nitrogens is 1. The van der Waals surface area contributed by atoms with Crippen LogP contribution in [0.4, 0.5) is 0 Å². The van der Waals surface area contributed by atoms with E-state index in [1.54, 1.807) is 24.5 Å². The van der Waals surface area contributed by atoms with Crippen LogP contribution in [0.3, 0.4) is 0 Å². The Hall–Kier alpha value is -3.09. The third kappa shape index (κ3) is 2.25. The number of hydrogen-bond donors (Lipinski definition) is 2. The van der Waals surface area contributed by atoms with Gasteiger partial charge < -0.3 is 19.8 Å². The van der Waals surface area contributed by atoms with Gasteiger partial charge in [-0.05, 0) is 12.1 Å². The summed E-state index contributed by atoms with van der Waals surface area (Å²) >= 11 is 0. The van der Waals surface area contributed by atoms with Gasteiger partial charge in [-0.15, -0.1) is 0 Å². The molecule has 7 heteroatoms. The third-order valence-electron chi connectivity index (χ3n) is 4.42. The molecule has 0 spiro atoms. The Balaban J connectivity index is 1.66. The van der Waals surface area contributed by atoms with E-state index in [9.17, 15) is 9.59 Å². The molecule has 1 aliphatic heterocycles. The van der Waals surface area contributed by atoms with Crippen molar-refractivity contribution < 1.29 is 9.59 Å². The molecule has 0 radical (unpaired) electrons. The Kier molecular flexibility index (Phi) is 3.34. The number of nitrogens with zero attached hydrogens (tertiary/aromatic N) is 3. The first-order valence-electron chi connectivity index (χ1n) is 7.76. The third-order valence-corrected chi connectivity index (χ3v) is 4.42. The normalized spacial score (nSPS) is 16.9. The number of benzene rings is 1. The van der Waals surface area contributed by atoms with E-state index in [0.29, 0.717) is 18.8 Å². The van der Waals surface area contributed by atoms with Crippen molar-refractivity contribution in [2.45, 2.75) is 12.6 Å². The van der Waals surface area contributed by atoms with Gasteiger partial charge in [-0.3, -0.25) is 9.59 Å². The Morgan fingerprint density at radius 1 is 1.33 bits per heavy atom. The van der Waals surface area contributed by atoms with E-state index >= 15 is 0 Å². The summed E-state index contributed by atoms with van der Waals surface area (Å²) in [7, 11) is 1.59. The average molecular weight is 323 g/mol. The van der Waals surface area contributed by atoms with Gasteiger partial charge in [0.05, 0.1) is 25.1 Å². The number of fused-ring (bicyclic) bond motifs is 2. The van der Waals surface area contributed by atoms with E-state index < -0.39 is 6.04 Å². The lowest BCUT2D eigenvalue weighted by Gasteiger charge is -2.33. The topological polar surface area (TPSA) is 83.0 Å². The van der Waals surface area contributed by atoms with E-state index in [-0.39, 0.29) is 11.8 Å². The molecule has 3 heterocycles. The number of likely N-dealkylation sites (N-methyl/N-ethyl adjacent to an activating group) is 1. The van der Waals surface area contributed by atoms with Gasteiger partial charge in [0.1, 0.15) is 11.7 Å². The van der Waals surface area contributed by atoms with Crippen molar-refractivity contribution in [2.75, 3.05) is 13.6 Å². The molecule has 0 fully saturated rings. The largest absolute Gasteiger partial charge is 0.357 e. The standard InChI is InChI=1S/C17H17N5O2/c1-18-16(23)15-9-21(8-12-7-19-10-22(12)15)17(24)14-6-11-4-2-3-5-13(11)20-14/h2-7,10,15,20H,8-9H2,1H3,(H,18,23)/t15-/m0/s1. The molecule has 7 nitrogen and oxygen atoms in total. The summed E-state index contributed by atoms with van der Waals surface area (Å²) in [6.45, 7) is 0.749. The number of carbonyl (C=O) groups excluding carboxylic acids is 2. The summed E-state index contributed by atoms with van der Waals surface area (Å²) in [5.74, 6) is -0.254. The number of hydrogen-bond acceptors (Lipinski definition) is 3. The van der Waals surface area contributed by atoms with Crippen LogP contribution >= 0.6 is 0 Å². The second-order valence-electron chi connectivity index (χ2n) is 5.88. The number of amides is 2. The first kappa shape index (κ1) is 14.5. The molecule has 2 amide bonds. The second-order valence-corrected chi connectivity index (χ2v) is 5.88. The maximum absolute atomic E-state index is 12.9. The highest BCUT2D eigenvalue weighted by molar-refractivity contribution is 5.98. The lowest BCUT2D eigenvalue weighted by Crippen LogP contribution is -2.45. The van der Waals surface area contributed by atoms with E-state index in [1.165, 1.54) is 0 Å². The molecule has 2 aromatic heterocycles. The van der Waals surface area contributed by atoms with Crippen LogP contribution in [-0.2, 0) is 11.3 Å². The molecule has 0 bridgehead atoms. The van der Waals surface area contributed by atoms with Gasteiger partial charge in [0, 0.05) is 24.1 Å². The zero-order valence-electron chi connectivity index (χ0n) is 13.2. The molecule has 1 atom stereocenters. The quantitative estimate of drug-likeness (QED) is 0.746. The van der Waals surface area contributed by atoms with Crippen molar-refractivity contribution in [3.63, 3.8) is 0 Å². The number of rotatable bonds is 2. The lowest BCUT2D eigenvalue weighted by atomic mass is 10.1. The fraction of sp³-hybridized carbons (Fsp3) is 0.235. The highest BCUT2D eigenvalue weighted by Gasteiger charge is 2.32. The summed E-state index contributed by atoms with van der Waals surface area (Å²) in [6, 6.07) is 9.14. The van der Waals surface area contributed by atoms with E-state index in [0.717, 1.165) is 16.6 Å². The van der Waals surface area contributed by atoms with Crippen molar-refractivity contribution in [1.82, 2.24) is 24.8 Å². The summed E-state index contributed by atoms with van der Waals surface area (Å²) in [5, 5.41) is 3.64. The van der Waals surface area contributed by atoms with Crippen LogP contribution in [-0.4, -0.2) is 44.8 Å². The van der Waals surface area contributed by atoms with E-state index in [2.05, 4.69) is 15.3 Å². The summed E-state index contributed by atoms with van der Waals surface area (Å²) in [6.07, 6.45) is 3.33. The van der Waals surface area contributed by atoms with Crippen LogP contribution in [0.1, 0.15) is 22.2 Å². The van der Waals surface area contributed by atoms with Crippen LogP contribution in [0.15, 0.2) is 42.9 Å². The molecular weight excluding hydrogens is 306 g/mol. The number of imidazole rings is 1. The van der Waals surface area contributed by atoms with Crippen LogP contribution < -0.4 is 5.32 Å². The monoisotopic (exact) mass is 323 g/mol. The molecule has 4 rings (SSSR count). The van der Waals surface area contributed by atoms with Crippen molar-refractivity contribution in [1.29, 1.82) is 0 Å². The predicted molar refractivity (Wildman–Crippen MR) is 88.4 cm³/mol. The van der Waals surface area contributed by atoms with Crippen LogP contribution in [0.25, 0.3) is 10.9 Å². The van der Waals surface area contributed by atoms with Gasteiger partial charge in [0.15, 0.2) is 0 Å². The highest BCUT2D eigenvalue weighted by atomic mass is 16.2. The maximum Gasteiger partial charge on any atom is 0.270 e. The average Bonchev–Trinajstić information content (AvgIpc) is 3.25. The molecule has 3 aromatic rings. The van der Waals surface area contributed by atoms with Gasteiger partial charge in [-0.2, -0.15) is 0 Å². The van der Waals surface area contributed by atoms with E-state index in [1.807, 2.05) is 34.9 Å². The molecule has 1 aliphatic rings. The summed E-state index contributed by atoms with van der Waals surface area (Å²) in [4.78, 5) is 34.0. The number of aromatic amines is 1. The molecule has 0 saturated heterocycles.